The predicted molar refractivity (Wildman–Crippen MR) is 139 cm³/mol. The first-order valence-corrected chi connectivity index (χ1v) is 12.7. The summed E-state index contributed by atoms with van der Waals surface area (Å²) in [7, 11) is 0. The maximum Gasteiger partial charge on any atom is 0.235 e. The van der Waals surface area contributed by atoms with Crippen molar-refractivity contribution < 1.29 is 14.6 Å². The molecule has 0 aromatic carbocycles. The molecular weight excluding hydrogens is 546 g/mol. The number of tetrazole rings is 3. The van der Waals surface area contributed by atoms with Crippen LogP contribution in [0.25, 0.3) is 17.2 Å². The molecule has 6 rings (SSSR count). The minimum Gasteiger partial charge on any atom is -0.396 e. The molecule has 0 aliphatic rings. The molecule has 1 unspecified atom stereocenters. The Morgan fingerprint density at radius 1 is 0.714 bits per heavy atom. The number of rotatable bonds is 13. The van der Waals surface area contributed by atoms with Gasteiger partial charge in [0.25, 0.3) is 0 Å². The van der Waals surface area contributed by atoms with Crippen LogP contribution in [0.3, 0.4) is 0 Å². The number of nitrogens with zero attached hydrogens (tertiary/aromatic N) is 15. The van der Waals surface area contributed by atoms with Gasteiger partial charge in [-0.05, 0) is 67.7 Å². The van der Waals surface area contributed by atoms with Crippen LogP contribution in [0.15, 0.2) is 73.4 Å². The molecule has 6 aromatic heterocycles. The van der Waals surface area contributed by atoms with Crippen molar-refractivity contribution in [2.45, 2.75) is 25.2 Å². The molecule has 18 nitrogen and oxygen atoms in total. The third-order valence-corrected chi connectivity index (χ3v) is 6.08. The van der Waals surface area contributed by atoms with Crippen LogP contribution in [0.1, 0.15) is 23.9 Å². The van der Waals surface area contributed by atoms with E-state index in [0.717, 1.165) is 0 Å². The van der Waals surface area contributed by atoms with Crippen LogP contribution in [0, 0.1) is 0 Å². The van der Waals surface area contributed by atoms with Crippen molar-refractivity contribution in [2.24, 2.45) is 0 Å². The van der Waals surface area contributed by atoms with E-state index in [2.05, 4.69) is 61.5 Å². The second-order valence-corrected chi connectivity index (χ2v) is 8.65. The van der Waals surface area contributed by atoms with Crippen LogP contribution < -0.4 is 0 Å². The first-order valence-electron chi connectivity index (χ1n) is 12.7. The number of aromatic nitrogens is 15. The normalized spacial score (nSPS) is 12.8. The first-order chi connectivity index (χ1) is 20.8. The predicted octanol–water partition coefficient (Wildman–Crippen LogP) is -0.190. The van der Waals surface area contributed by atoms with Crippen molar-refractivity contribution in [3.8, 4) is 17.2 Å². The minimum absolute atomic E-state index is 0.0306. The highest BCUT2D eigenvalue weighted by Crippen LogP contribution is 2.32. The molecule has 0 aliphatic heterocycles. The molecule has 0 radical (unpaired) electrons. The molecule has 0 bridgehead atoms. The Morgan fingerprint density at radius 2 is 1.52 bits per heavy atom. The summed E-state index contributed by atoms with van der Waals surface area (Å²) in [4.78, 5) is 12.5. The van der Waals surface area contributed by atoms with E-state index in [1.165, 1.54) is 9.36 Å². The lowest BCUT2D eigenvalue weighted by atomic mass is 10.1. The van der Waals surface area contributed by atoms with Crippen LogP contribution in [-0.2, 0) is 28.3 Å². The van der Waals surface area contributed by atoms with Crippen LogP contribution >= 0.6 is 0 Å². The largest absolute Gasteiger partial charge is 0.396 e. The van der Waals surface area contributed by atoms with E-state index in [1.807, 2.05) is 12.1 Å². The van der Waals surface area contributed by atoms with E-state index < -0.39 is 5.79 Å². The summed E-state index contributed by atoms with van der Waals surface area (Å²) in [6.07, 6.45) is 8.40. The van der Waals surface area contributed by atoms with Crippen LogP contribution in [-0.4, -0.2) is 93.9 Å². The van der Waals surface area contributed by atoms with Gasteiger partial charge in [0, 0.05) is 44.2 Å². The van der Waals surface area contributed by atoms with E-state index in [4.69, 9.17) is 9.47 Å². The summed E-state index contributed by atoms with van der Waals surface area (Å²) < 4.78 is 17.3. The van der Waals surface area contributed by atoms with Gasteiger partial charge >= 0.3 is 0 Å². The van der Waals surface area contributed by atoms with Gasteiger partial charge < -0.3 is 14.6 Å². The van der Waals surface area contributed by atoms with Gasteiger partial charge in [0.15, 0.2) is 17.5 Å². The maximum absolute atomic E-state index is 10.2. The average molecular weight is 570 g/mol. The highest BCUT2D eigenvalue weighted by molar-refractivity contribution is 5.29. The Bertz CT molecular complexity index is 1690. The van der Waals surface area contributed by atoms with Crippen LogP contribution in [0.4, 0.5) is 0 Å². The van der Waals surface area contributed by atoms with E-state index >= 15 is 0 Å². The fourth-order valence-corrected chi connectivity index (χ4v) is 4.14. The van der Waals surface area contributed by atoms with Gasteiger partial charge in [-0.25, -0.2) is 4.98 Å². The Hall–Kier alpha value is -5.46. The van der Waals surface area contributed by atoms with Gasteiger partial charge in [-0.2, -0.15) is 14.0 Å². The van der Waals surface area contributed by atoms with Crippen molar-refractivity contribution in [3.63, 3.8) is 0 Å². The van der Waals surface area contributed by atoms with Gasteiger partial charge in [0.1, 0.15) is 6.61 Å². The van der Waals surface area contributed by atoms with Gasteiger partial charge in [-0.1, -0.05) is 6.07 Å². The van der Waals surface area contributed by atoms with Gasteiger partial charge in [0.05, 0.1) is 24.2 Å². The van der Waals surface area contributed by atoms with Crippen molar-refractivity contribution in [1.82, 2.24) is 75.6 Å². The highest BCUT2D eigenvalue weighted by atomic mass is 16.7. The zero-order chi connectivity index (χ0) is 28.6. The first kappa shape index (κ1) is 26.7. The lowest BCUT2D eigenvalue weighted by molar-refractivity contribution is -0.267. The monoisotopic (exact) mass is 569 g/mol. The summed E-state index contributed by atoms with van der Waals surface area (Å²) in [5, 5.41) is 46.3. The van der Waals surface area contributed by atoms with Gasteiger partial charge in [0.2, 0.25) is 11.6 Å². The molecular formula is C24H23N15O3. The standard InChI is InChI=1S/C24H23N15O3/c40-14-9-24(23-30-33-35-38(23)18-6-12-25-13-7-18,42-17-22-29-32-36-39(22)20-5-1-2-11-27-20)41-15-8-21-28-31-34-37(21)19-4-3-10-26-16-19/h1-7,10-13,16,40H,8-9,14-15,17H2. The maximum atomic E-state index is 10.2. The Kier molecular flexibility index (Phi) is 7.88. The lowest BCUT2D eigenvalue weighted by Crippen LogP contribution is -2.38. The fraction of sp³-hybridized carbons (Fsp3) is 0.250. The molecule has 6 aromatic rings. The summed E-state index contributed by atoms with van der Waals surface area (Å²) >= 11 is 0. The second-order valence-electron chi connectivity index (χ2n) is 8.65. The number of aliphatic hydroxyl groups is 1. The Balaban J connectivity index is 1.31. The molecule has 42 heavy (non-hydrogen) atoms. The van der Waals surface area contributed by atoms with Crippen molar-refractivity contribution in [2.75, 3.05) is 13.2 Å². The summed E-state index contributed by atoms with van der Waals surface area (Å²) in [5.74, 6) is -0.100. The molecule has 18 heteroatoms. The van der Waals surface area contributed by atoms with Crippen LogP contribution in [0.5, 0.6) is 0 Å². The van der Waals surface area contributed by atoms with Crippen molar-refractivity contribution in [3.05, 3.63) is 90.9 Å². The smallest absolute Gasteiger partial charge is 0.235 e. The molecule has 212 valence electrons. The number of hydrogen-bond donors (Lipinski definition) is 1. The minimum atomic E-state index is -1.64. The highest BCUT2D eigenvalue weighted by Gasteiger charge is 2.41. The molecule has 0 amide bonds. The SMILES string of the molecule is OCCC(OCCc1nnnn1-c1cccnc1)(OCc1nnnn1-c1ccccn1)c1nnnn1-c1ccncc1. The lowest BCUT2D eigenvalue weighted by Gasteiger charge is -2.31. The zero-order valence-corrected chi connectivity index (χ0v) is 21.9. The van der Waals surface area contributed by atoms with E-state index in [0.29, 0.717) is 28.8 Å². The van der Waals surface area contributed by atoms with Crippen LogP contribution in [0.2, 0.25) is 0 Å². The molecule has 1 N–H and O–H groups in total. The van der Waals surface area contributed by atoms with E-state index in [9.17, 15) is 5.11 Å². The molecule has 1 atom stereocenters. The molecule has 0 fully saturated rings. The molecule has 0 saturated heterocycles. The number of ether oxygens (including phenoxy) is 2. The molecule has 0 spiro atoms. The third kappa shape index (κ3) is 5.57. The van der Waals surface area contributed by atoms with Gasteiger partial charge in [-0.15, -0.1) is 15.3 Å². The average Bonchev–Trinajstić information content (AvgIpc) is 3.83. The quantitative estimate of drug-likeness (QED) is 0.179. The van der Waals surface area contributed by atoms with Crippen molar-refractivity contribution in [1.29, 1.82) is 0 Å². The molecule has 0 saturated carbocycles. The van der Waals surface area contributed by atoms with Gasteiger partial charge in [-0.3, -0.25) is 9.97 Å². The molecule has 6 heterocycles. The summed E-state index contributed by atoms with van der Waals surface area (Å²) in [6.45, 7) is -0.392. The zero-order valence-electron chi connectivity index (χ0n) is 21.9. The Morgan fingerprint density at radius 3 is 2.31 bits per heavy atom. The number of hydrogen-bond acceptors (Lipinski definition) is 15. The fourth-order valence-electron chi connectivity index (χ4n) is 4.14. The number of pyridine rings is 3. The summed E-state index contributed by atoms with van der Waals surface area (Å²) in [5.41, 5.74) is 1.30. The molecule has 0 aliphatic carbocycles. The van der Waals surface area contributed by atoms with Crippen molar-refractivity contribution >= 4 is 0 Å². The van der Waals surface area contributed by atoms with E-state index in [1.54, 1.807) is 66.0 Å². The third-order valence-electron chi connectivity index (χ3n) is 6.08. The Labute approximate surface area is 237 Å². The topological polar surface area (TPSA) is 208 Å². The second kappa shape index (κ2) is 12.4. The number of aliphatic hydroxyl groups excluding tert-OH is 1. The summed E-state index contributed by atoms with van der Waals surface area (Å²) in [6, 6.07) is 12.4. The van der Waals surface area contributed by atoms with E-state index in [-0.39, 0.29) is 38.5 Å².